The van der Waals surface area contributed by atoms with Crippen LogP contribution in [-0.2, 0) is 9.53 Å². The van der Waals surface area contributed by atoms with Crippen LogP contribution in [0.15, 0.2) is 10.6 Å². The van der Waals surface area contributed by atoms with Gasteiger partial charge >= 0.3 is 5.97 Å². The smallest absolute Gasteiger partial charge is 0.325 e. The normalized spacial score (nSPS) is 10.8. The van der Waals surface area contributed by atoms with E-state index in [1.54, 1.807) is 26.8 Å². The molecule has 0 aliphatic rings. The summed E-state index contributed by atoms with van der Waals surface area (Å²) in [6.45, 7) is 7.90. The number of aryl methyl sites for hydroxylation is 2. The molecule has 0 aliphatic heterocycles. The molecule has 0 aromatic carbocycles. The Morgan fingerprint density at radius 3 is 2.70 bits per heavy atom. The summed E-state index contributed by atoms with van der Waals surface area (Å²) < 4.78 is 10.1. The summed E-state index contributed by atoms with van der Waals surface area (Å²) in [5.74, 6) is -0.667. The number of nitrogens with zero attached hydrogens (tertiary/aromatic N) is 3. The van der Waals surface area contributed by atoms with Crippen molar-refractivity contribution in [2.24, 2.45) is 0 Å². The van der Waals surface area contributed by atoms with Gasteiger partial charge in [-0.3, -0.25) is 9.59 Å². The summed E-state index contributed by atoms with van der Waals surface area (Å²) in [6, 6.07) is 1.70. The maximum absolute atomic E-state index is 12.9. The number of carbonyl (C=O) groups is 2. The second kappa shape index (κ2) is 7.21. The number of amides is 1. The fourth-order valence-electron chi connectivity index (χ4n) is 2.44. The summed E-state index contributed by atoms with van der Waals surface area (Å²) in [6.07, 6.45) is 0.737. The molecule has 1 amide bonds. The van der Waals surface area contributed by atoms with Crippen LogP contribution >= 0.6 is 0 Å². The van der Waals surface area contributed by atoms with Gasteiger partial charge in [-0.05, 0) is 33.3 Å². The first-order valence-electron chi connectivity index (χ1n) is 7.66. The van der Waals surface area contributed by atoms with Crippen molar-refractivity contribution in [2.45, 2.75) is 34.1 Å². The van der Waals surface area contributed by atoms with Gasteiger partial charge in [0, 0.05) is 12.2 Å². The average Bonchev–Trinajstić information content (AvgIpc) is 2.86. The molecule has 0 saturated heterocycles. The fourth-order valence-corrected chi connectivity index (χ4v) is 2.44. The molecular formula is C16H21N3O4. The molecule has 2 aromatic rings. The lowest BCUT2D eigenvalue weighted by Gasteiger charge is -2.21. The zero-order valence-corrected chi connectivity index (χ0v) is 13.9. The molecule has 0 bridgehead atoms. The molecular weight excluding hydrogens is 298 g/mol. The second-order valence-corrected chi connectivity index (χ2v) is 5.29. The van der Waals surface area contributed by atoms with Crippen molar-refractivity contribution in [3.05, 3.63) is 23.0 Å². The molecule has 0 N–H and O–H groups in total. The lowest BCUT2D eigenvalue weighted by molar-refractivity contribution is -0.143. The largest absolute Gasteiger partial charge is 0.465 e. The van der Waals surface area contributed by atoms with Gasteiger partial charge in [-0.25, -0.2) is 4.98 Å². The van der Waals surface area contributed by atoms with Gasteiger partial charge in [0.2, 0.25) is 0 Å². The molecule has 7 heteroatoms. The van der Waals surface area contributed by atoms with Gasteiger partial charge in [0.05, 0.1) is 23.3 Å². The Bertz CT molecular complexity index is 723. The van der Waals surface area contributed by atoms with E-state index in [4.69, 9.17) is 9.26 Å². The lowest BCUT2D eigenvalue weighted by atomic mass is 10.1. The summed E-state index contributed by atoms with van der Waals surface area (Å²) >= 11 is 0. The van der Waals surface area contributed by atoms with E-state index in [1.165, 1.54) is 4.90 Å². The minimum Gasteiger partial charge on any atom is -0.465 e. The summed E-state index contributed by atoms with van der Waals surface area (Å²) in [5.41, 5.74) is 2.04. The van der Waals surface area contributed by atoms with Crippen LogP contribution in [0.5, 0.6) is 0 Å². The minimum atomic E-state index is -0.418. The molecule has 23 heavy (non-hydrogen) atoms. The Hall–Kier alpha value is -2.44. The highest BCUT2D eigenvalue weighted by Gasteiger charge is 2.24. The molecule has 0 spiro atoms. The molecule has 0 radical (unpaired) electrons. The van der Waals surface area contributed by atoms with E-state index in [2.05, 4.69) is 10.1 Å². The monoisotopic (exact) mass is 319 g/mol. The van der Waals surface area contributed by atoms with Crippen LogP contribution < -0.4 is 0 Å². The van der Waals surface area contributed by atoms with E-state index < -0.39 is 5.97 Å². The first-order valence-corrected chi connectivity index (χ1v) is 7.66. The van der Waals surface area contributed by atoms with Crippen molar-refractivity contribution in [2.75, 3.05) is 19.7 Å². The molecule has 124 valence electrons. The van der Waals surface area contributed by atoms with Crippen LogP contribution in [0.2, 0.25) is 0 Å². The van der Waals surface area contributed by atoms with Gasteiger partial charge in [-0.15, -0.1) is 0 Å². The molecule has 2 rings (SSSR count). The standard InChI is InChI=1S/C16H21N3O4/c1-5-7-19(9-13(20)22-6-2)16(21)12-8-10(3)17-15-14(12)11(4)18-23-15/h8H,5-7,9H2,1-4H3. The number of hydrogen-bond donors (Lipinski definition) is 0. The summed E-state index contributed by atoms with van der Waals surface area (Å²) in [4.78, 5) is 30.4. The highest BCUT2D eigenvalue weighted by Crippen LogP contribution is 2.23. The van der Waals surface area contributed by atoms with Gasteiger partial charge < -0.3 is 14.2 Å². The van der Waals surface area contributed by atoms with Crippen molar-refractivity contribution >= 4 is 23.0 Å². The Kier molecular flexibility index (Phi) is 5.31. The topological polar surface area (TPSA) is 85.5 Å². The van der Waals surface area contributed by atoms with Gasteiger partial charge in [0.1, 0.15) is 6.54 Å². The molecule has 0 saturated carbocycles. The highest BCUT2D eigenvalue weighted by molar-refractivity contribution is 6.06. The van der Waals surface area contributed by atoms with Gasteiger partial charge in [-0.1, -0.05) is 12.1 Å². The first kappa shape index (κ1) is 16.9. The average molecular weight is 319 g/mol. The Labute approximate surface area is 134 Å². The molecule has 2 heterocycles. The SMILES string of the molecule is CCCN(CC(=O)OCC)C(=O)c1cc(C)nc2onc(C)c12. The van der Waals surface area contributed by atoms with Gasteiger partial charge in [0.25, 0.3) is 11.6 Å². The molecule has 7 nitrogen and oxygen atoms in total. The number of hydrogen-bond acceptors (Lipinski definition) is 6. The summed E-state index contributed by atoms with van der Waals surface area (Å²) in [5, 5.41) is 4.46. The molecule has 0 unspecified atom stereocenters. The molecule has 2 aromatic heterocycles. The van der Waals surface area contributed by atoms with Crippen LogP contribution in [0.3, 0.4) is 0 Å². The van der Waals surface area contributed by atoms with Crippen molar-refractivity contribution in [1.82, 2.24) is 15.0 Å². The van der Waals surface area contributed by atoms with Gasteiger partial charge in [0.15, 0.2) is 0 Å². The van der Waals surface area contributed by atoms with E-state index in [-0.39, 0.29) is 19.1 Å². The zero-order valence-electron chi connectivity index (χ0n) is 13.9. The first-order chi connectivity index (χ1) is 11.0. The second-order valence-electron chi connectivity index (χ2n) is 5.29. The quantitative estimate of drug-likeness (QED) is 0.759. The van der Waals surface area contributed by atoms with Gasteiger partial charge in [-0.2, -0.15) is 0 Å². The van der Waals surface area contributed by atoms with Crippen molar-refractivity contribution in [1.29, 1.82) is 0 Å². The number of fused-ring (bicyclic) bond motifs is 1. The van der Waals surface area contributed by atoms with Crippen molar-refractivity contribution < 1.29 is 18.8 Å². The molecule has 0 atom stereocenters. The number of esters is 1. The Morgan fingerprint density at radius 2 is 2.04 bits per heavy atom. The van der Waals surface area contributed by atoms with E-state index in [0.29, 0.717) is 34.6 Å². The van der Waals surface area contributed by atoms with Crippen LogP contribution in [0, 0.1) is 13.8 Å². The number of pyridine rings is 1. The van der Waals surface area contributed by atoms with Crippen LogP contribution in [-0.4, -0.2) is 46.6 Å². The Balaban J connectivity index is 2.39. The highest BCUT2D eigenvalue weighted by atomic mass is 16.5. The maximum atomic E-state index is 12.9. The van der Waals surface area contributed by atoms with Crippen LogP contribution in [0.1, 0.15) is 42.0 Å². The number of aromatic nitrogens is 2. The third kappa shape index (κ3) is 3.67. The van der Waals surface area contributed by atoms with E-state index in [9.17, 15) is 9.59 Å². The van der Waals surface area contributed by atoms with E-state index >= 15 is 0 Å². The molecule has 0 aliphatic carbocycles. The van der Waals surface area contributed by atoms with E-state index in [1.807, 2.05) is 6.92 Å². The minimum absolute atomic E-state index is 0.0757. The summed E-state index contributed by atoms with van der Waals surface area (Å²) in [7, 11) is 0. The van der Waals surface area contributed by atoms with Crippen molar-refractivity contribution in [3.8, 4) is 0 Å². The molecule has 0 fully saturated rings. The van der Waals surface area contributed by atoms with Crippen LogP contribution in [0.4, 0.5) is 0 Å². The predicted octanol–water partition coefficient (Wildman–Crippen LogP) is 2.25. The third-order valence-corrected chi connectivity index (χ3v) is 3.38. The maximum Gasteiger partial charge on any atom is 0.325 e. The fraction of sp³-hybridized carbons (Fsp3) is 0.500. The third-order valence-electron chi connectivity index (χ3n) is 3.38. The van der Waals surface area contributed by atoms with Crippen molar-refractivity contribution in [3.63, 3.8) is 0 Å². The lowest BCUT2D eigenvalue weighted by Crippen LogP contribution is -2.37. The predicted molar refractivity (Wildman–Crippen MR) is 84.1 cm³/mol. The number of carbonyl (C=O) groups excluding carboxylic acids is 2. The zero-order chi connectivity index (χ0) is 17.0. The van der Waals surface area contributed by atoms with Crippen LogP contribution in [0.25, 0.3) is 11.1 Å². The number of rotatable bonds is 6. The van der Waals surface area contributed by atoms with E-state index in [0.717, 1.165) is 6.42 Å². The number of ether oxygens (including phenoxy) is 1. The Morgan fingerprint density at radius 1 is 1.30 bits per heavy atom.